The summed E-state index contributed by atoms with van der Waals surface area (Å²) in [5, 5.41) is 2.80. The van der Waals surface area contributed by atoms with E-state index in [1.807, 2.05) is 31.2 Å². The minimum Gasteiger partial charge on any atom is -0.497 e. The van der Waals surface area contributed by atoms with Crippen LogP contribution in [0.15, 0.2) is 24.3 Å². The predicted octanol–water partition coefficient (Wildman–Crippen LogP) is 1.77. The maximum atomic E-state index is 12.4. The van der Waals surface area contributed by atoms with Gasteiger partial charge in [-0.2, -0.15) is 4.48 Å². The third kappa shape index (κ3) is 4.00. The molecule has 1 saturated heterocycles. The van der Waals surface area contributed by atoms with Crippen LogP contribution in [-0.2, 0) is 20.9 Å². The molecule has 0 spiro atoms. The third-order valence-electron chi connectivity index (χ3n) is 4.80. The molecule has 130 valence electrons. The molecule has 24 heavy (non-hydrogen) atoms. The number of carbonyl (C=O) groups is 3. The first kappa shape index (κ1) is 18.1. The second-order valence-electron chi connectivity index (χ2n) is 6.27. The van der Waals surface area contributed by atoms with E-state index in [0.29, 0.717) is 13.1 Å². The number of likely N-dealkylation sites (tertiary alicyclic amines) is 1. The number of quaternary nitrogens is 1. The van der Waals surface area contributed by atoms with Crippen molar-refractivity contribution in [2.45, 2.75) is 45.2 Å². The Morgan fingerprint density at radius 1 is 1.29 bits per heavy atom. The largest absolute Gasteiger partial charge is 0.497 e. The van der Waals surface area contributed by atoms with Gasteiger partial charge in [0.15, 0.2) is 0 Å². The van der Waals surface area contributed by atoms with Crippen molar-refractivity contribution < 1.29 is 23.6 Å². The number of benzene rings is 1. The van der Waals surface area contributed by atoms with Gasteiger partial charge in [0.05, 0.1) is 20.1 Å². The average molecular weight is 333 g/mol. The van der Waals surface area contributed by atoms with Crippen LogP contribution in [0.3, 0.4) is 0 Å². The van der Waals surface area contributed by atoms with Crippen LogP contribution in [0.5, 0.6) is 5.75 Å². The summed E-state index contributed by atoms with van der Waals surface area (Å²) in [7, 11) is 1.60. The van der Waals surface area contributed by atoms with Gasteiger partial charge < -0.3 is 10.1 Å². The maximum absolute atomic E-state index is 12.4. The number of carbonyl (C=O) groups excluding carboxylic acids is 3. The number of nitrogens with zero attached hydrogens (tertiary/aromatic N) is 1. The zero-order chi connectivity index (χ0) is 17.6. The van der Waals surface area contributed by atoms with E-state index < -0.39 is 0 Å². The first-order valence-corrected chi connectivity index (χ1v) is 8.28. The quantitative estimate of drug-likeness (QED) is 0.610. The summed E-state index contributed by atoms with van der Waals surface area (Å²) < 4.78 is 4.95. The summed E-state index contributed by atoms with van der Waals surface area (Å²) in [4.78, 5) is 35.8. The van der Waals surface area contributed by atoms with Gasteiger partial charge in [-0.3, -0.25) is 4.79 Å². The summed E-state index contributed by atoms with van der Waals surface area (Å²) in [6.07, 6.45) is 2.69. The van der Waals surface area contributed by atoms with Crippen molar-refractivity contribution in [2.75, 3.05) is 13.7 Å². The lowest BCUT2D eigenvalue weighted by molar-refractivity contribution is -0.780. The fourth-order valence-electron chi connectivity index (χ4n) is 3.15. The summed E-state index contributed by atoms with van der Waals surface area (Å²) in [6, 6.07) is 7.43. The molecule has 2 atom stereocenters. The number of rotatable bonds is 7. The summed E-state index contributed by atoms with van der Waals surface area (Å²) in [6.45, 7) is 2.88. The van der Waals surface area contributed by atoms with Crippen LogP contribution in [0.25, 0.3) is 0 Å². The van der Waals surface area contributed by atoms with E-state index in [9.17, 15) is 14.4 Å². The molecule has 6 heteroatoms. The molecule has 1 aromatic rings. The van der Waals surface area contributed by atoms with Crippen LogP contribution >= 0.6 is 0 Å². The highest BCUT2D eigenvalue weighted by atomic mass is 16.5. The molecule has 3 amide bonds. The SMILES string of the molecule is COc1ccc(CNC(=O)CCC(=O)[N+]2(C=O)CCC[C@H]2C)cc1. The van der Waals surface area contributed by atoms with Gasteiger partial charge in [0.1, 0.15) is 11.8 Å². The van der Waals surface area contributed by atoms with Crippen LogP contribution in [0.1, 0.15) is 38.2 Å². The first-order chi connectivity index (χ1) is 11.5. The molecule has 0 radical (unpaired) electrons. The van der Waals surface area contributed by atoms with Gasteiger partial charge >= 0.3 is 12.3 Å². The number of hydrogen-bond acceptors (Lipinski definition) is 4. The van der Waals surface area contributed by atoms with Gasteiger partial charge in [0.25, 0.3) is 0 Å². The van der Waals surface area contributed by atoms with Gasteiger partial charge in [-0.05, 0) is 24.6 Å². The molecule has 0 aromatic heterocycles. The number of nitrogens with one attached hydrogen (secondary N) is 1. The van der Waals surface area contributed by atoms with E-state index in [1.165, 1.54) is 0 Å². The molecule has 1 aliphatic rings. The van der Waals surface area contributed by atoms with Crippen molar-refractivity contribution in [3.8, 4) is 5.75 Å². The lowest BCUT2D eigenvalue weighted by Gasteiger charge is -2.28. The van der Waals surface area contributed by atoms with E-state index in [-0.39, 0.29) is 35.2 Å². The standard InChI is InChI=1S/C18H24N2O4/c1-14-4-3-11-20(14,13-21)18(23)10-9-17(22)19-12-15-5-7-16(24-2)8-6-15/h5-8,13-14H,3-4,9-12H2,1-2H3/p+1/t14-,20?/m1/s1. The molecular weight excluding hydrogens is 308 g/mol. The normalized spacial score (nSPS) is 22.8. The number of imide groups is 1. The number of hydrogen-bond donors (Lipinski definition) is 1. The van der Waals surface area contributed by atoms with Crippen LogP contribution in [-0.4, -0.2) is 42.4 Å². The fourth-order valence-corrected chi connectivity index (χ4v) is 3.15. The molecule has 6 nitrogen and oxygen atoms in total. The first-order valence-electron chi connectivity index (χ1n) is 8.28. The molecule has 1 unspecified atom stereocenters. The Morgan fingerprint density at radius 3 is 2.54 bits per heavy atom. The minimum absolute atomic E-state index is 0.0114. The Balaban J connectivity index is 1.80. The van der Waals surface area contributed by atoms with Crippen molar-refractivity contribution in [1.82, 2.24) is 5.32 Å². The highest BCUT2D eigenvalue weighted by Crippen LogP contribution is 2.26. The van der Waals surface area contributed by atoms with Crippen molar-refractivity contribution >= 4 is 18.2 Å². The van der Waals surface area contributed by atoms with Crippen molar-refractivity contribution in [3.63, 3.8) is 0 Å². The molecule has 1 aromatic carbocycles. The highest BCUT2D eigenvalue weighted by molar-refractivity contribution is 5.83. The average Bonchev–Trinajstić information content (AvgIpc) is 3.00. The summed E-state index contributed by atoms with van der Waals surface area (Å²) in [5.74, 6) is 0.419. The second-order valence-corrected chi connectivity index (χ2v) is 6.27. The zero-order valence-electron chi connectivity index (χ0n) is 14.3. The van der Waals surface area contributed by atoms with Gasteiger partial charge in [-0.25, -0.2) is 9.59 Å². The Labute approximate surface area is 142 Å². The van der Waals surface area contributed by atoms with Crippen LogP contribution in [0.4, 0.5) is 0 Å². The van der Waals surface area contributed by atoms with Crippen molar-refractivity contribution in [3.05, 3.63) is 29.8 Å². The van der Waals surface area contributed by atoms with E-state index in [2.05, 4.69) is 5.32 Å². The van der Waals surface area contributed by atoms with Gasteiger partial charge in [-0.1, -0.05) is 12.1 Å². The van der Waals surface area contributed by atoms with Gasteiger partial charge in [-0.15, -0.1) is 0 Å². The van der Waals surface area contributed by atoms with E-state index in [0.717, 1.165) is 30.6 Å². The third-order valence-corrected chi connectivity index (χ3v) is 4.80. The van der Waals surface area contributed by atoms with Crippen LogP contribution in [0.2, 0.25) is 0 Å². The monoisotopic (exact) mass is 333 g/mol. The van der Waals surface area contributed by atoms with Crippen molar-refractivity contribution in [1.29, 1.82) is 0 Å². The lowest BCUT2D eigenvalue weighted by atomic mass is 10.2. The number of methoxy groups -OCH3 is 1. The zero-order valence-corrected chi connectivity index (χ0v) is 14.3. The molecule has 0 bridgehead atoms. The molecule has 0 aliphatic carbocycles. The lowest BCUT2D eigenvalue weighted by Crippen LogP contribution is -2.54. The molecule has 1 N–H and O–H groups in total. The topological polar surface area (TPSA) is 72.5 Å². The second kappa shape index (κ2) is 8.06. The molecule has 0 saturated carbocycles. The minimum atomic E-state index is -0.185. The van der Waals surface area contributed by atoms with E-state index in [4.69, 9.17) is 4.74 Å². The Kier molecular flexibility index (Phi) is 6.09. The van der Waals surface area contributed by atoms with Gasteiger partial charge in [0, 0.05) is 25.8 Å². The summed E-state index contributed by atoms with van der Waals surface area (Å²) in [5.41, 5.74) is 0.958. The Hall–Kier alpha value is -2.21. The predicted molar refractivity (Wildman–Crippen MR) is 89.0 cm³/mol. The molecule has 2 rings (SSSR count). The number of amides is 3. The smallest absolute Gasteiger partial charge is 0.321 e. The van der Waals surface area contributed by atoms with Crippen LogP contribution in [0, 0.1) is 0 Å². The Morgan fingerprint density at radius 2 is 2.00 bits per heavy atom. The maximum Gasteiger partial charge on any atom is 0.321 e. The van der Waals surface area contributed by atoms with Gasteiger partial charge in [0.2, 0.25) is 5.91 Å². The van der Waals surface area contributed by atoms with E-state index >= 15 is 0 Å². The van der Waals surface area contributed by atoms with Crippen molar-refractivity contribution in [2.24, 2.45) is 0 Å². The number of ether oxygens (including phenoxy) is 1. The summed E-state index contributed by atoms with van der Waals surface area (Å²) >= 11 is 0. The molecule has 1 heterocycles. The highest BCUT2D eigenvalue weighted by Gasteiger charge is 2.45. The Bertz CT molecular complexity index is 600. The van der Waals surface area contributed by atoms with Crippen LogP contribution < -0.4 is 10.1 Å². The molecular formula is C18H25N2O4+. The van der Waals surface area contributed by atoms with E-state index in [1.54, 1.807) is 7.11 Å². The fraction of sp³-hybridized carbons (Fsp3) is 0.500. The molecule has 1 aliphatic heterocycles. The molecule has 1 fully saturated rings.